The molecule has 0 radical (unpaired) electrons. The summed E-state index contributed by atoms with van der Waals surface area (Å²) < 4.78 is 38.5. The summed E-state index contributed by atoms with van der Waals surface area (Å²) in [6, 6.07) is 12.9. The first kappa shape index (κ1) is 13.8. The molecule has 106 valence electrons. The van der Waals surface area contributed by atoms with Crippen LogP contribution in [0.1, 0.15) is 16.1 Å². The van der Waals surface area contributed by atoms with Gasteiger partial charge in [0.15, 0.2) is 0 Å². The van der Waals surface area contributed by atoms with Crippen LogP contribution in [0.4, 0.5) is 13.2 Å². The molecule has 0 N–H and O–H groups in total. The van der Waals surface area contributed by atoms with Gasteiger partial charge in [0.1, 0.15) is 5.01 Å². The van der Waals surface area contributed by atoms with Crippen molar-refractivity contribution in [2.75, 3.05) is 0 Å². The number of halogens is 3. The van der Waals surface area contributed by atoms with E-state index >= 15 is 0 Å². The summed E-state index contributed by atoms with van der Waals surface area (Å²) in [5, 5.41) is 0.830. The van der Waals surface area contributed by atoms with Crippen LogP contribution in [-0.4, -0.2) is 4.98 Å². The highest BCUT2D eigenvalue weighted by Crippen LogP contribution is 2.29. The van der Waals surface area contributed by atoms with E-state index in [2.05, 4.69) is 4.98 Å². The Labute approximate surface area is 123 Å². The summed E-state index contributed by atoms with van der Waals surface area (Å²) in [7, 11) is 0. The summed E-state index contributed by atoms with van der Waals surface area (Å²) in [5.41, 5.74) is 0.997. The van der Waals surface area contributed by atoms with E-state index in [-0.39, 0.29) is 0 Å². The fourth-order valence-electron chi connectivity index (χ4n) is 1.91. The first-order valence-corrected chi connectivity index (χ1v) is 7.05. The Hall–Kier alpha value is -2.14. The summed E-state index contributed by atoms with van der Waals surface area (Å²) in [5.74, 6) is 0. The molecule has 1 heterocycles. The third kappa shape index (κ3) is 3.13. The van der Waals surface area contributed by atoms with E-state index in [1.807, 2.05) is 30.3 Å². The van der Waals surface area contributed by atoms with Crippen molar-refractivity contribution in [1.29, 1.82) is 0 Å². The van der Waals surface area contributed by atoms with Crippen molar-refractivity contribution in [3.05, 3.63) is 64.7 Å². The Bertz CT molecular complexity index is 752. The molecular weight excluding hydrogens is 295 g/mol. The van der Waals surface area contributed by atoms with Gasteiger partial charge in [-0.25, -0.2) is 4.98 Å². The van der Waals surface area contributed by atoms with Crippen molar-refractivity contribution in [2.24, 2.45) is 0 Å². The molecule has 3 rings (SSSR count). The van der Waals surface area contributed by atoms with Crippen LogP contribution in [0.2, 0.25) is 0 Å². The first-order chi connectivity index (χ1) is 10.0. The second kappa shape index (κ2) is 5.33. The smallest absolute Gasteiger partial charge is 0.237 e. The maximum Gasteiger partial charge on any atom is 0.416 e. The topological polar surface area (TPSA) is 12.9 Å². The van der Waals surface area contributed by atoms with E-state index in [4.69, 9.17) is 0 Å². The Morgan fingerprint density at radius 1 is 0.905 bits per heavy atom. The molecule has 0 aliphatic rings. The lowest BCUT2D eigenvalue weighted by atomic mass is 10.1. The molecule has 21 heavy (non-hydrogen) atoms. The maximum absolute atomic E-state index is 12.5. The van der Waals surface area contributed by atoms with E-state index < -0.39 is 11.7 Å². The molecular formula is C16H10F3NS. The molecule has 0 fully saturated rings. The number of alkyl halides is 3. The van der Waals surface area contributed by atoms with Gasteiger partial charge in [-0.05, 0) is 35.9 Å². The number of thiazole rings is 1. The largest absolute Gasteiger partial charge is 0.416 e. The molecule has 5 heteroatoms. The summed E-state index contributed by atoms with van der Waals surface area (Å²) in [4.78, 5) is 4.44. The zero-order valence-corrected chi connectivity index (χ0v) is 11.6. The van der Waals surface area contributed by atoms with Crippen molar-refractivity contribution in [1.82, 2.24) is 4.98 Å². The lowest BCUT2D eigenvalue weighted by Crippen LogP contribution is -2.03. The minimum atomic E-state index is -4.30. The van der Waals surface area contributed by atoms with Gasteiger partial charge in [0.05, 0.1) is 15.8 Å². The van der Waals surface area contributed by atoms with Gasteiger partial charge < -0.3 is 0 Å². The van der Waals surface area contributed by atoms with Gasteiger partial charge in [-0.2, -0.15) is 13.2 Å². The van der Waals surface area contributed by atoms with Crippen molar-refractivity contribution >= 4 is 33.7 Å². The molecule has 0 aliphatic carbocycles. The van der Waals surface area contributed by atoms with E-state index in [9.17, 15) is 13.2 Å². The third-order valence-electron chi connectivity index (χ3n) is 2.97. The average molecular weight is 305 g/mol. The number of rotatable bonds is 2. The van der Waals surface area contributed by atoms with E-state index in [1.165, 1.54) is 12.1 Å². The molecule has 1 aromatic heterocycles. The fourth-order valence-corrected chi connectivity index (χ4v) is 2.78. The zero-order valence-electron chi connectivity index (χ0n) is 10.8. The highest BCUT2D eigenvalue weighted by atomic mass is 32.1. The van der Waals surface area contributed by atoms with Crippen LogP contribution in [0, 0.1) is 0 Å². The SMILES string of the molecule is FC(F)(F)c1ccc(/C=C/c2nc3ccccc3s2)cc1. The summed E-state index contributed by atoms with van der Waals surface area (Å²) >= 11 is 1.55. The average Bonchev–Trinajstić information content (AvgIpc) is 2.87. The monoisotopic (exact) mass is 305 g/mol. The fraction of sp³-hybridized carbons (Fsp3) is 0.0625. The second-order valence-electron chi connectivity index (χ2n) is 4.47. The third-order valence-corrected chi connectivity index (χ3v) is 3.97. The van der Waals surface area contributed by atoms with Gasteiger partial charge >= 0.3 is 6.18 Å². The molecule has 0 aliphatic heterocycles. The van der Waals surface area contributed by atoms with Crippen molar-refractivity contribution in [2.45, 2.75) is 6.18 Å². The van der Waals surface area contributed by atoms with Gasteiger partial charge in [0.25, 0.3) is 0 Å². The number of aromatic nitrogens is 1. The number of para-hydroxylation sites is 1. The van der Waals surface area contributed by atoms with Crippen molar-refractivity contribution in [3.63, 3.8) is 0 Å². The van der Waals surface area contributed by atoms with Crippen LogP contribution in [0.5, 0.6) is 0 Å². The normalized spacial score (nSPS) is 12.3. The van der Waals surface area contributed by atoms with Crippen LogP contribution in [0.3, 0.4) is 0 Å². The summed E-state index contributed by atoms with van der Waals surface area (Å²) in [6.45, 7) is 0. The molecule has 0 unspecified atom stereocenters. The van der Waals surface area contributed by atoms with E-state index in [0.29, 0.717) is 5.56 Å². The van der Waals surface area contributed by atoms with Crippen molar-refractivity contribution < 1.29 is 13.2 Å². The van der Waals surface area contributed by atoms with Crippen LogP contribution >= 0.6 is 11.3 Å². The minimum Gasteiger partial charge on any atom is -0.237 e. The highest BCUT2D eigenvalue weighted by molar-refractivity contribution is 7.19. The molecule has 1 nitrogen and oxygen atoms in total. The maximum atomic E-state index is 12.5. The number of hydrogen-bond acceptors (Lipinski definition) is 2. The molecule has 0 amide bonds. The Morgan fingerprint density at radius 3 is 2.29 bits per heavy atom. The van der Waals surface area contributed by atoms with Crippen LogP contribution in [0.25, 0.3) is 22.4 Å². The van der Waals surface area contributed by atoms with Crippen LogP contribution in [-0.2, 0) is 6.18 Å². The van der Waals surface area contributed by atoms with Crippen LogP contribution in [0.15, 0.2) is 48.5 Å². The standard InChI is InChI=1S/C16H10F3NS/c17-16(18,19)12-8-5-11(6-9-12)7-10-15-20-13-3-1-2-4-14(13)21-15/h1-10H/b10-7+. The Balaban J connectivity index is 1.82. The number of nitrogens with zero attached hydrogens (tertiary/aromatic N) is 1. The van der Waals surface area contributed by atoms with Crippen molar-refractivity contribution in [3.8, 4) is 0 Å². The Kier molecular flexibility index (Phi) is 3.51. The second-order valence-corrected chi connectivity index (χ2v) is 5.54. The van der Waals surface area contributed by atoms with Gasteiger partial charge in [-0.1, -0.05) is 30.3 Å². The quantitative estimate of drug-likeness (QED) is 0.610. The van der Waals surface area contributed by atoms with Gasteiger partial charge in [0, 0.05) is 0 Å². The molecule has 0 atom stereocenters. The predicted octanol–water partition coefficient (Wildman–Crippen LogP) is 5.49. The predicted molar refractivity (Wildman–Crippen MR) is 80.0 cm³/mol. The molecule has 0 spiro atoms. The van der Waals surface area contributed by atoms with E-state index in [0.717, 1.165) is 27.4 Å². The molecule has 3 aromatic rings. The number of fused-ring (bicyclic) bond motifs is 1. The summed E-state index contributed by atoms with van der Waals surface area (Å²) in [6.07, 6.45) is -0.722. The highest BCUT2D eigenvalue weighted by Gasteiger charge is 2.29. The van der Waals surface area contributed by atoms with Crippen LogP contribution < -0.4 is 0 Å². The minimum absolute atomic E-state index is 0.639. The zero-order chi connectivity index (χ0) is 14.9. The van der Waals surface area contributed by atoms with Gasteiger partial charge in [0.2, 0.25) is 0 Å². The molecule has 0 saturated carbocycles. The molecule has 2 aromatic carbocycles. The lowest BCUT2D eigenvalue weighted by molar-refractivity contribution is -0.137. The lowest BCUT2D eigenvalue weighted by Gasteiger charge is -2.05. The molecule has 0 saturated heterocycles. The van der Waals surface area contributed by atoms with Gasteiger partial charge in [-0.3, -0.25) is 0 Å². The molecule has 0 bridgehead atoms. The van der Waals surface area contributed by atoms with Gasteiger partial charge in [-0.15, -0.1) is 11.3 Å². The Morgan fingerprint density at radius 2 is 1.62 bits per heavy atom. The van der Waals surface area contributed by atoms with E-state index in [1.54, 1.807) is 17.4 Å². The first-order valence-electron chi connectivity index (χ1n) is 6.23. The number of hydrogen-bond donors (Lipinski definition) is 0. The number of benzene rings is 2.